The number of halogens is 2. The summed E-state index contributed by atoms with van der Waals surface area (Å²) >= 11 is 0. The molecule has 0 bridgehead atoms. The number of nitrogens with zero attached hydrogens (tertiary/aromatic N) is 4. The van der Waals surface area contributed by atoms with E-state index in [9.17, 15) is 23.5 Å². The number of aromatic nitrogens is 2. The summed E-state index contributed by atoms with van der Waals surface area (Å²) < 4.78 is 27.0. The smallest absolute Gasteiger partial charge is 0.339 e. The summed E-state index contributed by atoms with van der Waals surface area (Å²) in [5.74, 6) is -1.12. The number of benzene rings is 2. The zero-order valence-electron chi connectivity index (χ0n) is 22.1. The maximum Gasteiger partial charge on any atom is 0.339 e. The van der Waals surface area contributed by atoms with Gasteiger partial charge in [0.25, 0.3) is 0 Å². The van der Waals surface area contributed by atoms with Gasteiger partial charge in [0.2, 0.25) is 11.9 Å². The predicted molar refractivity (Wildman–Crippen MR) is 143 cm³/mol. The molecule has 0 spiro atoms. The number of aromatic carboxylic acids is 1. The molecule has 3 heterocycles. The van der Waals surface area contributed by atoms with Crippen LogP contribution in [0.3, 0.4) is 0 Å². The number of aryl methyl sites for hydroxylation is 2. The summed E-state index contributed by atoms with van der Waals surface area (Å²) in [6, 6.07) is 12.7. The standard InChI is InChI=1S/C30H32F2N4O3/c1-18(2)28(37)36-17-24(20-6-10-22(32)11-7-20)25-16-35(14-13-27(25)36)30-33-15-23(29(38)39)26(34-30)12-5-19-3-8-21(31)9-4-19/h3-4,6-11,15,18,24-25,27H,5,12-14,16-17H2,1-2H3,(H,38,39)/t24-,25-,27-/m1/s1. The Morgan fingerprint density at radius 2 is 1.67 bits per heavy atom. The van der Waals surface area contributed by atoms with Crippen molar-refractivity contribution in [1.82, 2.24) is 14.9 Å². The van der Waals surface area contributed by atoms with Crippen molar-refractivity contribution in [2.45, 2.75) is 45.1 Å². The van der Waals surface area contributed by atoms with Crippen LogP contribution in [0.5, 0.6) is 0 Å². The summed E-state index contributed by atoms with van der Waals surface area (Å²) in [5.41, 5.74) is 2.36. The van der Waals surface area contributed by atoms with Gasteiger partial charge in [0.1, 0.15) is 11.6 Å². The highest BCUT2D eigenvalue weighted by atomic mass is 19.1. The van der Waals surface area contributed by atoms with Crippen LogP contribution < -0.4 is 4.90 Å². The molecule has 7 nitrogen and oxygen atoms in total. The Morgan fingerprint density at radius 1 is 1.00 bits per heavy atom. The molecule has 1 aromatic heterocycles. The van der Waals surface area contributed by atoms with Gasteiger partial charge in [0.15, 0.2) is 0 Å². The maximum atomic E-state index is 13.7. The first-order valence-electron chi connectivity index (χ1n) is 13.4. The highest BCUT2D eigenvalue weighted by Gasteiger charge is 2.47. The normalized spacial score (nSPS) is 20.8. The van der Waals surface area contributed by atoms with Crippen LogP contribution >= 0.6 is 0 Å². The molecule has 0 saturated carbocycles. The lowest BCUT2D eigenvalue weighted by molar-refractivity contribution is -0.135. The Labute approximate surface area is 226 Å². The molecule has 0 radical (unpaired) electrons. The second-order valence-electron chi connectivity index (χ2n) is 10.7. The van der Waals surface area contributed by atoms with Gasteiger partial charge in [-0.2, -0.15) is 0 Å². The number of carbonyl (C=O) groups excluding carboxylic acids is 1. The van der Waals surface area contributed by atoms with Crippen LogP contribution in [0.25, 0.3) is 0 Å². The highest BCUT2D eigenvalue weighted by molar-refractivity contribution is 5.88. The van der Waals surface area contributed by atoms with Crippen LogP contribution in [0, 0.1) is 23.5 Å². The van der Waals surface area contributed by atoms with Gasteiger partial charge in [-0.3, -0.25) is 4.79 Å². The molecule has 2 saturated heterocycles. The third kappa shape index (κ3) is 5.62. The first-order valence-corrected chi connectivity index (χ1v) is 13.4. The van der Waals surface area contributed by atoms with Gasteiger partial charge in [-0.25, -0.2) is 23.5 Å². The number of anilines is 1. The molecule has 2 aromatic carbocycles. The van der Waals surface area contributed by atoms with Gasteiger partial charge in [-0.15, -0.1) is 0 Å². The second-order valence-corrected chi connectivity index (χ2v) is 10.7. The second kappa shape index (κ2) is 11.1. The predicted octanol–water partition coefficient (Wildman–Crippen LogP) is 4.72. The average molecular weight is 535 g/mol. The Hall–Kier alpha value is -3.88. The Morgan fingerprint density at radius 3 is 2.31 bits per heavy atom. The van der Waals surface area contributed by atoms with Gasteiger partial charge in [-0.05, 0) is 54.7 Å². The molecule has 39 heavy (non-hydrogen) atoms. The number of carbonyl (C=O) groups is 2. The fraction of sp³-hybridized carbons (Fsp3) is 0.400. The van der Waals surface area contributed by atoms with Crippen LogP contribution in [-0.4, -0.2) is 57.5 Å². The molecule has 2 aliphatic heterocycles. The molecule has 3 aromatic rings. The molecule has 2 fully saturated rings. The molecular weight excluding hydrogens is 502 g/mol. The molecule has 9 heteroatoms. The molecule has 0 aliphatic carbocycles. The molecule has 1 amide bonds. The van der Waals surface area contributed by atoms with Crippen molar-refractivity contribution in [3.8, 4) is 0 Å². The minimum absolute atomic E-state index is 0.0392. The van der Waals surface area contributed by atoms with Crippen molar-refractivity contribution in [2.24, 2.45) is 11.8 Å². The Bertz CT molecular complexity index is 1350. The zero-order valence-corrected chi connectivity index (χ0v) is 22.1. The van der Waals surface area contributed by atoms with Crippen molar-refractivity contribution < 1.29 is 23.5 Å². The third-order valence-electron chi connectivity index (χ3n) is 7.94. The number of rotatable bonds is 7. The summed E-state index contributed by atoms with van der Waals surface area (Å²) in [4.78, 5) is 38.1. The Kier molecular flexibility index (Phi) is 7.59. The zero-order chi connectivity index (χ0) is 27.7. The van der Waals surface area contributed by atoms with Crippen LogP contribution in [0.1, 0.15) is 53.4 Å². The fourth-order valence-corrected chi connectivity index (χ4v) is 5.91. The number of fused-ring (bicyclic) bond motifs is 1. The number of carboxylic acids is 1. The largest absolute Gasteiger partial charge is 0.478 e. The van der Waals surface area contributed by atoms with E-state index in [-0.39, 0.29) is 46.9 Å². The fourth-order valence-electron chi connectivity index (χ4n) is 5.91. The van der Waals surface area contributed by atoms with Crippen molar-refractivity contribution in [3.05, 3.63) is 88.7 Å². The molecule has 0 unspecified atom stereocenters. The van der Waals surface area contributed by atoms with E-state index in [1.54, 1.807) is 24.3 Å². The van der Waals surface area contributed by atoms with Crippen molar-refractivity contribution in [3.63, 3.8) is 0 Å². The first-order chi connectivity index (χ1) is 18.7. The number of amides is 1. The van der Waals surface area contributed by atoms with E-state index in [4.69, 9.17) is 0 Å². The quantitative estimate of drug-likeness (QED) is 0.472. The monoisotopic (exact) mass is 534 g/mol. The van der Waals surface area contributed by atoms with Gasteiger partial charge < -0.3 is 14.9 Å². The summed E-state index contributed by atoms with van der Waals surface area (Å²) in [6.45, 7) is 5.61. The highest BCUT2D eigenvalue weighted by Crippen LogP contribution is 2.42. The van der Waals surface area contributed by atoms with Crippen LogP contribution in [0.4, 0.5) is 14.7 Å². The molecule has 204 valence electrons. The molecular formula is C30H32F2N4O3. The van der Waals surface area contributed by atoms with Gasteiger partial charge >= 0.3 is 5.97 Å². The summed E-state index contributed by atoms with van der Waals surface area (Å²) in [5, 5.41) is 9.72. The summed E-state index contributed by atoms with van der Waals surface area (Å²) in [7, 11) is 0. The van der Waals surface area contributed by atoms with Gasteiger partial charge in [0, 0.05) is 49.6 Å². The van der Waals surface area contributed by atoms with E-state index < -0.39 is 5.97 Å². The Balaban J connectivity index is 1.40. The lowest BCUT2D eigenvalue weighted by Crippen LogP contribution is -2.49. The number of likely N-dealkylation sites (tertiary alicyclic amines) is 1. The van der Waals surface area contributed by atoms with E-state index in [1.807, 2.05) is 18.7 Å². The van der Waals surface area contributed by atoms with Crippen LogP contribution in [0.2, 0.25) is 0 Å². The topological polar surface area (TPSA) is 86.6 Å². The van der Waals surface area contributed by atoms with E-state index in [1.165, 1.54) is 30.5 Å². The van der Waals surface area contributed by atoms with Crippen LogP contribution in [-0.2, 0) is 17.6 Å². The van der Waals surface area contributed by atoms with Crippen molar-refractivity contribution >= 4 is 17.8 Å². The maximum absolute atomic E-state index is 13.7. The van der Waals surface area contributed by atoms with Gasteiger partial charge in [0.05, 0.1) is 11.3 Å². The molecule has 2 aliphatic rings. The number of hydrogen-bond donors (Lipinski definition) is 1. The van der Waals surface area contributed by atoms with E-state index in [0.717, 1.165) is 17.5 Å². The third-order valence-corrected chi connectivity index (χ3v) is 7.94. The minimum atomic E-state index is -1.09. The average Bonchev–Trinajstić information content (AvgIpc) is 3.31. The molecule has 1 N–H and O–H groups in total. The minimum Gasteiger partial charge on any atom is -0.478 e. The number of piperidine rings is 1. The lowest BCUT2D eigenvalue weighted by atomic mass is 9.82. The van der Waals surface area contributed by atoms with Gasteiger partial charge in [-0.1, -0.05) is 38.1 Å². The van der Waals surface area contributed by atoms with Crippen molar-refractivity contribution in [1.29, 1.82) is 0 Å². The SMILES string of the molecule is CC(C)C(=O)N1C[C@H](c2ccc(F)cc2)[C@H]2CN(c3ncc(C(=O)O)c(CCc4ccc(F)cc4)n3)CC[C@H]21. The van der Waals surface area contributed by atoms with Crippen LogP contribution in [0.15, 0.2) is 54.7 Å². The van der Waals surface area contributed by atoms with E-state index >= 15 is 0 Å². The van der Waals surface area contributed by atoms with Crippen molar-refractivity contribution in [2.75, 3.05) is 24.5 Å². The van der Waals surface area contributed by atoms with E-state index in [2.05, 4.69) is 14.9 Å². The lowest BCUT2D eigenvalue weighted by Gasteiger charge is -2.39. The first kappa shape index (κ1) is 26.7. The molecule has 5 rings (SSSR count). The number of hydrogen-bond acceptors (Lipinski definition) is 5. The molecule has 3 atom stereocenters. The number of carboxylic acid groups (broad SMARTS) is 1. The van der Waals surface area contributed by atoms with E-state index in [0.29, 0.717) is 44.1 Å². The summed E-state index contributed by atoms with van der Waals surface area (Å²) in [6.07, 6.45) is 2.98.